The molecule has 0 fully saturated rings. The highest BCUT2D eigenvalue weighted by Crippen LogP contribution is 2.46. The van der Waals surface area contributed by atoms with Gasteiger partial charge in [-0.3, -0.25) is 0 Å². The molecule has 0 saturated heterocycles. The fraction of sp³-hybridized carbons (Fsp3) is 0.125. The van der Waals surface area contributed by atoms with Crippen molar-refractivity contribution in [3.63, 3.8) is 0 Å². The van der Waals surface area contributed by atoms with Gasteiger partial charge in [0.15, 0.2) is 0 Å². The van der Waals surface area contributed by atoms with E-state index in [1.54, 1.807) is 11.1 Å². The summed E-state index contributed by atoms with van der Waals surface area (Å²) in [5.74, 6) is 0. The molecular weight excluding hydrogens is 446 g/mol. The van der Waals surface area contributed by atoms with Crippen molar-refractivity contribution in [3.8, 4) is 0 Å². The van der Waals surface area contributed by atoms with E-state index in [-0.39, 0.29) is 0 Å². The SMILES string of the molecule is Ic1ccc2c(c1)CC1=C2Cc2cc(I)ccc21. The van der Waals surface area contributed by atoms with E-state index in [1.807, 2.05) is 0 Å². The topological polar surface area (TPSA) is 0 Å². The Kier molecular flexibility index (Phi) is 2.59. The molecule has 0 radical (unpaired) electrons. The number of allylic oxidation sites excluding steroid dienone is 2. The lowest BCUT2D eigenvalue weighted by Gasteiger charge is -2.07. The normalized spacial score (nSPS) is 15.7. The Labute approximate surface area is 134 Å². The van der Waals surface area contributed by atoms with Crippen molar-refractivity contribution in [3.05, 3.63) is 65.8 Å². The van der Waals surface area contributed by atoms with Crippen molar-refractivity contribution >= 4 is 56.3 Å². The van der Waals surface area contributed by atoms with E-state index in [2.05, 4.69) is 81.6 Å². The van der Waals surface area contributed by atoms with Crippen LogP contribution in [0.4, 0.5) is 0 Å². The average Bonchev–Trinajstić information content (AvgIpc) is 2.83. The summed E-state index contributed by atoms with van der Waals surface area (Å²) in [6.45, 7) is 0. The Hall–Kier alpha value is -0.360. The van der Waals surface area contributed by atoms with E-state index in [1.165, 1.54) is 29.4 Å². The summed E-state index contributed by atoms with van der Waals surface area (Å²) in [4.78, 5) is 0. The molecule has 2 aromatic carbocycles. The fourth-order valence-corrected chi connectivity index (χ4v) is 4.23. The van der Waals surface area contributed by atoms with E-state index >= 15 is 0 Å². The molecule has 2 aliphatic carbocycles. The zero-order valence-electron chi connectivity index (χ0n) is 9.63. The van der Waals surface area contributed by atoms with Crippen LogP contribution < -0.4 is 0 Å². The van der Waals surface area contributed by atoms with Crippen molar-refractivity contribution in [2.45, 2.75) is 12.8 Å². The van der Waals surface area contributed by atoms with Crippen LogP contribution in [0.2, 0.25) is 0 Å². The zero-order chi connectivity index (χ0) is 12.3. The third-order valence-electron chi connectivity index (χ3n) is 3.88. The smallest absolute Gasteiger partial charge is 0.0133 e. The van der Waals surface area contributed by atoms with Gasteiger partial charge in [-0.2, -0.15) is 0 Å². The minimum atomic E-state index is 1.12. The summed E-state index contributed by atoms with van der Waals surface area (Å²) in [6.07, 6.45) is 2.24. The molecule has 0 amide bonds. The molecule has 4 rings (SSSR count). The molecule has 0 heterocycles. The van der Waals surface area contributed by atoms with E-state index in [4.69, 9.17) is 0 Å². The first kappa shape index (κ1) is 11.5. The molecule has 2 aliphatic rings. The molecule has 0 saturated carbocycles. The van der Waals surface area contributed by atoms with Crippen molar-refractivity contribution in [1.29, 1.82) is 0 Å². The lowest BCUT2D eigenvalue weighted by Crippen LogP contribution is -1.93. The summed E-state index contributed by atoms with van der Waals surface area (Å²) in [5, 5.41) is 0. The second-order valence-corrected chi connectivity index (χ2v) is 7.40. The Morgan fingerprint density at radius 3 is 1.56 bits per heavy atom. The minimum absolute atomic E-state index is 1.12. The van der Waals surface area contributed by atoms with Crippen LogP contribution in [0.3, 0.4) is 0 Å². The summed E-state index contributed by atoms with van der Waals surface area (Å²) < 4.78 is 2.69. The van der Waals surface area contributed by atoms with Crippen LogP contribution in [0.5, 0.6) is 0 Å². The molecule has 0 N–H and O–H groups in total. The van der Waals surface area contributed by atoms with Gasteiger partial charge >= 0.3 is 0 Å². The molecule has 2 heteroatoms. The van der Waals surface area contributed by atoms with Crippen LogP contribution in [0.15, 0.2) is 36.4 Å². The van der Waals surface area contributed by atoms with Gasteiger partial charge < -0.3 is 0 Å². The standard InChI is InChI=1S/C16H10I2/c17-11-1-3-13-9(5-11)7-16-14-4-2-12(18)6-10(14)8-15(13)16/h1-6H,7-8H2. The maximum absolute atomic E-state index is 2.40. The number of fused-ring (bicyclic) bond motifs is 4. The summed E-state index contributed by atoms with van der Waals surface area (Å²) >= 11 is 4.80. The second-order valence-electron chi connectivity index (χ2n) is 4.91. The van der Waals surface area contributed by atoms with Gasteiger partial charge in [0.1, 0.15) is 0 Å². The number of hydrogen-bond donors (Lipinski definition) is 0. The number of hydrogen-bond acceptors (Lipinski definition) is 0. The van der Waals surface area contributed by atoms with Gasteiger partial charge in [-0.1, -0.05) is 12.1 Å². The van der Waals surface area contributed by atoms with Gasteiger partial charge in [-0.05, 0) is 116 Å². The third kappa shape index (κ3) is 1.61. The number of rotatable bonds is 0. The molecule has 0 aliphatic heterocycles. The molecule has 0 atom stereocenters. The van der Waals surface area contributed by atoms with Crippen LogP contribution in [0.1, 0.15) is 22.3 Å². The maximum Gasteiger partial charge on any atom is 0.0133 e. The third-order valence-corrected chi connectivity index (χ3v) is 5.23. The maximum atomic E-state index is 2.40. The molecule has 88 valence electrons. The van der Waals surface area contributed by atoms with Gasteiger partial charge in [0, 0.05) is 7.14 Å². The van der Waals surface area contributed by atoms with Crippen LogP contribution in [-0.4, -0.2) is 0 Å². The molecule has 2 aromatic rings. The molecule has 0 unspecified atom stereocenters. The Bertz CT molecular complexity index is 650. The van der Waals surface area contributed by atoms with Crippen LogP contribution in [0.25, 0.3) is 11.1 Å². The highest BCUT2D eigenvalue weighted by Gasteiger charge is 2.29. The van der Waals surface area contributed by atoms with Crippen molar-refractivity contribution in [2.24, 2.45) is 0 Å². The quantitative estimate of drug-likeness (QED) is 0.495. The fourth-order valence-electron chi connectivity index (χ4n) is 3.12. The first-order valence-corrected chi connectivity index (χ1v) is 8.18. The van der Waals surface area contributed by atoms with Crippen molar-refractivity contribution < 1.29 is 0 Å². The highest BCUT2D eigenvalue weighted by atomic mass is 127. The summed E-state index contributed by atoms with van der Waals surface area (Å²) in [5.41, 5.74) is 9.12. The lowest BCUT2D eigenvalue weighted by molar-refractivity contribution is 1.25. The van der Waals surface area contributed by atoms with E-state index in [0.717, 1.165) is 12.8 Å². The predicted molar refractivity (Wildman–Crippen MR) is 92.5 cm³/mol. The lowest BCUT2D eigenvalue weighted by atomic mass is 9.99. The largest absolute Gasteiger partial charge is 0.0533 e. The Morgan fingerprint density at radius 1 is 0.667 bits per heavy atom. The first-order chi connectivity index (χ1) is 8.72. The van der Waals surface area contributed by atoms with E-state index < -0.39 is 0 Å². The number of benzene rings is 2. The van der Waals surface area contributed by atoms with Gasteiger partial charge in [0.05, 0.1) is 0 Å². The van der Waals surface area contributed by atoms with Crippen LogP contribution >= 0.6 is 45.2 Å². The summed E-state index contributed by atoms with van der Waals surface area (Å²) in [7, 11) is 0. The van der Waals surface area contributed by atoms with E-state index in [9.17, 15) is 0 Å². The first-order valence-electron chi connectivity index (χ1n) is 6.02. The molecule has 0 nitrogen and oxygen atoms in total. The van der Waals surface area contributed by atoms with Gasteiger partial charge in [-0.15, -0.1) is 0 Å². The van der Waals surface area contributed by atoms with Gasteiger partial charge in [0.25, 0.3) is 0 Å². The Morgan fingerprint density at radius 2 is 1.11 bits per heavy atom. The van der Waals surface area contributed by atoms with Crippen LogP contribution in [-0.2, 0) is 12.8 Å². The van der Waals surface area contributed by atoms with Crippen LogP contribution in [0, 0.1) is 7.14 Å². The van der Waals surface area contributed by atoms with Gasteiger partial charge in [-0.25, -0.2) is 0 Å². The second kappa shape index (κ2) is 4.07. The minimum Gasteiger partial charge on any atom is -0.0533 e. The molecular formula is C16H10I2. The molecule has 0 bridgehead atoms. The Balaban J connectivity index is 1.87. The predicted octanol–water partition coefficient (Wildman–Crippen LogP) is 4.92. The number of halogens is 2. The van der Waals surface area contributed by atoms with Gasteiger partial charge in [0.2, 0.25) is 0 Å². The monoisotopic (exact) mass is 456 g/mol. The van der Waals surface area contributed by atoms with Crippen molar-refractivity contribution in [2.75, 3.05) is 0 Å². The summed E-state index contributed by atoms with van der Waals surface area (Å²) in [6, 6.07) is 13.7. The molecule has 18 heavy (non-hydrogen) atoms. The van der Waals surface area contributed by atoms with Crippen molar-refractivity contribution in [1.82, 2.24) is 0 Å². The average molecular weight is 456 g/mol. The van der Waals surface area contributed by atoms with E-state index in [0.29, 0.717) is 0 Å². The zero-order valence-corrected chi connectivity index (χ0v) is 13.9. The molecule has 0 aromatic heterocycles. The highest BCUT2D eigenvalue weighted by molar-refractivity contribution is 14.1. The molecule has 0 spiro atoms.